The minimum Gasteiger partial charge on any atom is -0.342 e. The second-order valence-corrected chi connectivity index (χ2v) is 4.31. The van der Waals surface area contributed by atoms with Crippen LogP contribution in [0.15, 0.2) is 12.2 Å². The molecule has 2 atom stereocenters. The first-order valence-corrected chi connectivity index (χ1v) is 6.23. The van der Waals surface area contributed by atoms with Crippen molar-refractivity contribution in [3.05, 3.63) is 12.2 Å². The van der Waals surface area contributed by atoms with E-state index < -0.39 is 0 Å². The van der Waals surface area contributed by atoms with Crippen LogP contribution in [0.5, 0.6) is 0 Å². The minimum absolute atomic E-state index is 0.0134. The molecule has 0 heterocycles. The van der Waals surface area contributed by atoms with Crippen molar-refractivity contribution in [2.75, 3.05) is 6.26 Å². The van der Waals surface area contributed by atoms with Gasteiger partial charge >= 0.3 is 0 Å². The fourth-order valence-electron chi connectivity index (χ4n) is 1.59. The molecule has 80 valence electrons. The van der Waals surface area contributed by atoms with Crippen LogP contribution in [0.1, 0.15) is 25.7 Å². The molecule has 1 aliphatic carbocycles. The highest BCUT2D eigenvalue weighted by molar-refractivity contribution is 8.12. The molecule has 2 unspecified atom stereocenters. The first-order valence-electron chi connectivity index (χ1n) is 5.01. The number of allylic oxidation sites excluding steroid dienone is 1. The molecular weight excluding hydrogens is 196 g/mol. The molecule has 0 spiro atoms. The fraction of sp³-hybridized carbons (Fsp3) is 0.700. The maximum atomic E-state index is 11.2. The molecule has 1 aliphatic rings. The number of carbonyl (C=O) groups excluding carboxylic acids is 1. The Morgan fingerprint density at radius 3 is 3.07 bits per heavy atom. The lowest BCUT2D eigenvalue weighted by Crippen LogP contribution is -2.45. The third-order valence-electron chi connectivity index (χ3n) is 2.45. The molecule has 0 bridgehead atoms. The molecule has 0 saturated heterocycles. The van der Waals surface area contributed by atoms with Gasteiger partial charge in [-0.15, -0.1) is 0 Å². The second kappa shape index (κ2) is 6.09. The van der Waals surface area contributed by atoms with Crippen LogP contribution in [0.3, 0.4) is 0 Å². The first-order chi connectivity index (χ1) is 6.74. The summed E-state index contributed by atoms with van der Waals surface area (Å²) in [5, 5.41) is 2.95. The first kappa shape index (κ1) is 11.6. The van der Waals surface area contributed by atoms with Crippen LogP contribution in [-0.4, -0.2) is 23.6 Å². The van der Waals surface area contributed by atoms with Gasteiger partial charge in [0.15, 0.2) is 0 Å². The van der Waals surface area contributed by atoms with Gasteiger partial charge < -0.3 is 11.1 Å². The zero-order valence-corrected chi connectivity index (χ0v) is 9.35. The van der Waals surface area contributed by atoms with Gasteiger partial charge in [0.1, 0.15) is 0 Å². The molecule has 1 amide bonds. The molecule has 4 heteroatoms. The Labute approximate surface area is 89.5 Å². The van der Waals surface area contributed by atoms with E-state index >= 15 is 0 Å². The summed E-state index contributed by atoms with van der Waals surface area (Å²) in [5.74, 6) is 0. The molecule has 0 saturated carbocycles. The van der Waals surface area contributed by atoms with E-state index in [-0.39, 0.29) is 17.3 Å². The summed E-state index contributed by atoms with van der Waals surface area (Å²) in [7, 11) is 0. The van der Waals surface area contributed by atoms with Crippen molar-refractivity contribution in [1.82, 2.24) is 5.32 Å². The lowest BCUT2D eigenvalue weighted by atomic mass is 9.98. The number of thioether (sulfide) groups is 1. The quantitative estimate of drug-likeness (QED) is 0.655. The van der Waals surface area contributed by atoms with Gasteiger partial charge in [0.2, 0.25) is 0 Å². The number of amides is 1. The van der Waals surface area contributed by atoms with Crippen molar-refractivity contribution in [1.29, 1.82) is 0 Å². The molecule has 0 aliphatic heterocycles. The molecule has 0 fully saturated rings. The van der Waals surface area contributed by atoms with Crippen molar-refractivity contribution in [3.63, 3.8) is 0 Å². The molecule has 3 nitrogen and oxygen atoms in total. The topological polar surface area (TPSA) is 55.1 Å². The molecule has 1 rings (SSSR count). The average Bonchev–Trinajstić information content (AvgIpc) is 2.17. The van der Waals surface area contributed by atoms with E-state index in [9.17, 15) is 4.79 Å². The van der Waals surface area contributed by atoms with Gasteiger partial charge in [0.25, 0.3) is 5.24 Å². The molecule has 0 aromatic carbocycles. The zero-order valence-electron chi connectivity index (χ0n) is 8.53. The highest BCUT2D eigenvalue weighted by atomic mass is 32.2. The van der Waals surface area contributed by atoms with E-state index in [0.29, 0.717) is 0 Å². The lowest BCUT2D eigenvalue weighted by Gasteiger charge is -2.23. The lowest BCUT2D eigenvalue weighted by molar-refractivity contribution is 0.255. The molecule has 3 N–H and O–H groups in total. The van der Waals surface area contributed by atoms with Crippen LogP contribution in [-0.2, 0) is 0 Å². The van der Waals surface area contributed by atoms with Crippen molar-refractivity contribution in [3.8, 4) is 0 Å². The number of nitrogens with two attached hydrogens (primary N) is 1. The van der Waals surface area contributed by atoms with Crippen LogP contribution in [0.4, 0.5) is 4.79 Å². The smallest absolute Gasteiger partial charge is 0.279 e. The number of hydrogen-bond donors (Lipinski definition) is 2. The maximum absolute atomic E-state index is 11.2. The number of nitrogens with one attached hydrogen (secondary N) is 1. The SMILES string of the molecule is CSC(=O)NC1CCCC/C=C/C1N. The van der Waals surface area contributed by atoms with E-state index in [1.54, 1.807) is 6.26 Å². The molecule has 0 aromatic rings. The second-order valence-electron chi connectivity index (χ2n) is 3.53. The van der Waals surface area contributed by atoms with Crippen LogP contribution in [0.2, 0.25) is 0 Å². The van der Waals surface area contributed by atoms with Gasteiger partial charge in [-0.25, -0.2) is 0 Å². The zero-order chi connectivity index (χ0) is 10.4. The van der Waals surface area contributed by atoms with Crippen LogP contribution in [0.25, 0.3) is 0 Å². The largest absolute Gasteiger partial charge is 0.342 e. The predicted octanol–water partition coefficient (Wildman–Crippen LogP) is 1.89. The van der Waals surface area contributed by atoms with Gasteiger partial charge in [-0.05, 0) is 25.5 Å². The molecule has 0 aromatic heterocycles. The van der Waals surface area contributed by atoms with E-state index in [1.165, 1.54) is 18.2 Å². The van der Waals surface area contributed by atoms with Crippen LogP contribution >= 0.6 is 11.8 Å². The Balaban J connectivity index is 2.50. The summed E-state index contributed by atoms with van der Waals surface area (Å²) in [6, 6.07) is 0.0675. The summed E-state index contributed by atoms with van der Waals surface area (Å²) in [5.41, 5.74) is 5.94. The van der Waals surface area contributed by atoms with Crippen LogP contribution in [0, 0.1) is 0 Å². The molecule has 14 heavy (non-hydrogen) atoms. The van der Waals surface area contributed by atoms with Gasteiger partial charge in [-0.1, -0.05) is 30.3 Å². The fourth-order valence-corrected chi connectivity index (χ4v) is 1.85. The van der Waals surface area contributed by atoms with E-state index in [4.69, 9.17) is 5.73 Å². The number of rotatable bonds is 1. The Morgan fingerprint density at radius 2 is 2.36 bits per heavy atom. The summed E-state index contributed by atoms with van der Waals surface area (Å²) in [4.78, 5) is 11.2. The summed E-state index contributed by atoms with van der Waals surface area (Å²) >= 11 is 1.20. The molecular formula is C10H18N2OS. The minimum atomic E-state index is -0.0357. The maximum Gasteiger partial charge on any atom is 0.279 e. The normalized spacial score (nSPS) is 30.1. The van der Waals surface area contributed by atoms with Gasteiger partial charge in [0, 0.05) is 12.1 Å². The Kier molecular flexibility index (Phi) is 5.04. The Bertz CT molecular complexity index is 218. The van der Waals surface area contributed by atoms with Gasteiger partial charge in [0.05, 0.1) is 0 Å². The van der Waals surface area contributed by atoms with Gasteiger partial charge in [-0.2, -0.15) is 0 Å². The van der Waals surface area contributed by atoms with E-state index in [1.807, 2.05) is 6.08 Å². The van der Waals surface area contributed by atoms with E-state index in [0.717, 1.165) is 19.3 Å². The standard InChI is InChI=1S/C10H18N2OS/c1-14-10(13)12-9-7-5-3-2-4-6-8(9)11/h4,6,8-9H,2-3,5,7,11H2,1H3,(H,12,13)/b6-4+. The highest BCUT2D eigenvalue weighted by Crippen LogP contribution is 2.12. The van der Waals surface area contributed by atoms with Crippen molar-refractivity contribution in [2.45, 2.75) is 37.8 Å². The van der Waals surface area contributed by atoms with Crippen molar-refractivity contribution < 1.29 is 4.79 Å². The summed E-state index contributed by atoms with van der Waals surface area (Å²) in [6.07, 6.45) is 10.3. The number of hydrogen-bond acceptors (Lipinski definition) is 3. The summed E-state index contributed by atoms with van der Waals surface area (Å²) in [6.45, 7) is 0. The average molecular weight is 214 g/mol. The third kappa shape index (κ3) is 3.72. The highest BCUT2D eigenvalue weighted by Gasteiger charge is 2.18. The Morgan fingerprint density at radius 1 is 1.57 bits per heavy atom. The van der Waals surface area contributed by atoms with Crippen LogP contribution < -0.4 is 11.1 Å². The number of carbonyl (C=O) groups is 1. The van der Waals surface area contributed by atoms with Gasteiger partial charge in [-0.3, -0.25) is 4.79 Å². The third-order valence-corrected chi connectivity index (χ3v) is 2.94. The predicted molar refractivity (Wildman–Crippen MR) is 61.4 cm³/mol. The molecule has 0 radical (unpaired) electrons. The summed E-state index contributed by atoms with van der Waals surface area (Å²) < 4.78 is 0. The van der Waals surface area contributed by atoms with Crippen molar-refractivity contribution >= 4 is 17.0 Å². The van der Waals surface area contributed by atoms with Crippen molar-refractivity contribution in [2.24, 2.45) is 5.73 Å². The Hall–Kier alpha value is -0.480. The van der Waals surface area contributed by atoms with E-state index in [2.05, 4.69) is 11.4 Å². The monoisotopic (exact) mass is 214 g/mol.